The average molecular weight is 251 g/mol. The topological polar surface area (TPSA) is 51.5 Å². The summed E-state index contributed by atoms with van der Waals surface area (Å²) in [6.07, 6.45) is -3.85. The third kappa shape index (κ3) is 4.38. The summed E-state index contributed by atoms with van der Waals surface area (Å²) in [7, 11) is 0. The van der Waals surface area contributed by atoms with Gasteiger partial charge in [-0.25, -0.2) is 4.79 Å². The zero-order chi connectivity index (χ0) is 12.9. The zero-order valence-corrected chi connectivity index (χ0v) is 9.13. The van der Waals surface area contributed by atoms with Gasteiger partial charge in [0.1, 0.15) is 0 Å². The van der Waals surface area contributed by atoms with E-state index in [9.17, 15) is 18.0 Å². The summed E-state index contributed by atoms with van der Waals surface area (Å²) in [6, 6.07) is 1.76. The maximum absolute atomic E-state index is 12.1. The molecule has 0 saturated carbocycles. The highest BCUT2D eigenvalue weighted by Gasteiger charge is 2.34. The van der Waals surface area contributed by atoms with Crippen molar-refractivity contribution in [2.24, 2.45) is 0 Å². The standard InChI is InChI=1S/C10H12F3NO3/c1-2-3-6-16-9(15)14-8-5-4-7(17-8)10(11,12)13/h4-5H,2-3,6H2,1H3,(H,14,15). The smallest absolute Gasteiger partial charge is 0.449 e. The summed E-state index contributed by atoms with van der Waals surface area (Å²) >= 11 is 0. The number of carbonyl (C=O) groups excluding carboxylic acids is 1. The van der Waals surface area contributed by atoms with Crippen LogP contribution < -0.4 is 5.32 Å². The molecule has 0 fully saturated rings. The van der Waals surface area contributed by atoms with Gasteiger partial charge in [0.15, 0.2) is 0 Å². The number of hydrogen-bond donors (Lipinski definition) is 1. The third-order valence-electron chi connectivity index (χ3n) is 1.84. The van der Waals surface area contributed by atoms with Crippen molar-refractivity contribution in [3.05, 3.63) is 17.9 Å². The molecule has 0 aromatic carbocycles. The predicted octanol–water partition coefficient (Wildman–Crippen LogP) is 3.65. The zero-order valence-electron chi connectivity index (χ0n) is 9.13. The maximum atomic E-state index is 12.1. The molecule has 0 saturated heterocycles. The van der Waals surface area contributed by atoms with Gasteiger partial charge in [-0.1, -0.05) is 13.3 Å². The summed E-state index contributed by atoms with van der Waals surface area (Å²) in [4.78, 5) is 11.1. The van der Waals surface area contributed by atoms with Crippen molar-refractivity contribution in [2.75, 3.05) is 11.9 Å². The largest absolute Gasteiger partial charge is 0.449 e. The van der Waals surface area contributed by atoms with E-state index >= 15 is 0 Å². The normalized spacial score (nSPS) is 11.3. The van der Waals surface area contributed by atoms with Gasteiger partial charge >= 0.3 is 12.3 Å². The first-order valence-corrected chi connectivity index (χ1v) is 5.04. The molecule has 1 aromatic heterocycles. The lowest BCUT2D eigenvalue weighted by molar-refractivity contribution is -0.152. The number of amides is 1. The first-order valence-electron chi connectivity index (χ1n) is 5.04. The summed E-state index contributed by atoms with van der Waals surface area (Å²) in [5.74, 6) is -1.46. The van der Waals surface area contributed by atoms with Gasteiger partial charge in [-0.2, -0.15) is 13.2 Å². The highest BCUT2D eigenvalue weighted by atomic mass is 19.4. The van der Waals surface area contributed by atoms with Crippen LogP contribution in [0, 0.1) is 0 Å². The second-order valence-electron chi connectivity index (χ2n) is 3.28. The molecule has 1 N–H and O–H groups in total. The van der Waals surface area contributed by atoms with Gasteiger partial charge in [0.05, 0.1) is 6.61 Å². The lowest BCUT2D eigenvalue weighted by atomic mass is 10.4. The quantitative estimate of drug-likeness (QED) is 0.831. The molecule has 0 aliphatic rings. The Hall–Kier alpha value is -1.66. The first-order chi connectivity index (χ1) is 7.93. The lowest BCUT2D eigenvalue weighted by Crippen LogP contribution is -2.13. The van der Waals surface area contributed by atoms with Crippen molar-refractivity contribution in [1.82, 2.24) is 0 Å². The van der Waals surface area contributed by atoms with Crippen molar-refractivity contribution in [1.29, 1.82) is 0 Å². The molecule has 0 atom stereocenters. The number of alkyl halides is 3. The average Bonchev–Trinajstić information content (AvgIpc) is 2.66. The van der Waals surface area contributed by atoms with E-state index in [0.29, 0.717) is 6.42 Å². The second-order valence-corrected chi connectivity index (χ2v) is 3.28. The molecule has 0 spiro atoms. The molecule has 1 rings (SSSR count). The third-order valence-corrected chi connectivity index (χ3v) is 1.84. The maximum Gasteiger partial charge on any atom is 0.449 e. The van der Waals surface area contributed by atoms with Crippen molar-refractivity contribution >= 4 is 12.0 Å². The minimum absolute atomic E-state index is 0.217. The van der Waals surface area contributed by atoms with Crippen LogP contribution >= 0.6 is 0 Å². The molecule has 1 amide bonds. The molecule has 1 aromatic rings. The first kappa shape index (κ1) is 13.4. The Morgan fingerprint density at radius 2 is 2.18 bits per heavy atom. The molecule has 7 heteroatoms. The van der Waals surface area contributed by atoms with Crippen molar-refractivity contribution in [3.63, 3.8) is 0 Å². The van der Waals surface area contributed by atoms with Crippen molar-refractivity contribution in [3.8, 4) is 0 Å². The Balaban J connectivity index is 2.46. The van der Waals surface area contributed by atoms with E-state index in [-0.39, 0.29) is 12.5 Å². The van der Waals surface area contributed by atoms with E-state index in [1.54, 1.807) is 0 Å². The molecular formula is C10H12F3NO3. The molecular weight excluding hydrogens is 239 g/mol. The van der Waals surface area contributed by atoms with Crippen molar-refractivity contribution < 1.29 is 27.1 Å². The Kier molecular flexibility index (Phi) is 4.42. The Bertz CT molecular complexity index is 373. The van der Waals surface area contributed by atoms with Crippen LogP contribution in [0.3, 0.4) is 0 Å². The van der Waals surface area contributed by atoms with E-state index in [0.717, 1.165) is 18.6 Å². The van der Waals surface area contributed by atoms with Crippen LogP contribution in [0.1, 0.15) is 25.5 Å². The van der Waals surface area contributed by atoms with Gasteiger partial charge in [0, 0.05) is 6.07 Å². The number of halogens is 3. The highest BCUT2D eigenvalue weighted by molar-refractivity contribution is 5.82. The molecule has 0 unspecified atom stereocenters. The predicted molar refractivity (Wildman–Crippen MR) is 53.6 cm³/mol. The summed E-state index contributed by atoms with van der Waals surface area (Å²) in [5.41, 5.74) is 0. The van der Waals surface area contributed by atoms with Crippen LogP contribution in [0.2, 0.25) is 0 Å². The van der Waals surface area contributed by atoms with E-state index in [2.05, 4.69) is 14.5 Å². The van der Waals surface area contributed by atoms with Crippen LogP contribution in [0.25, 0.3) is 0 Å². The Morgan fingerprint density at radius 3 is 2.71 bits per heavy atom. The molecule has 0 bridgehead atoms. The van der Waals surface area contributed by atoms with Crippen molar-refractivity contribution in [2.45, 2.75) is 25.9 Å². The minimum atomic E-state index is -4.56. The molecule has 17 heavy (non-hydrogen) atoms. The molecule has 96 valence electrons. The number of ether oxygens (including phenoxy) is 1. The number of furan rings is 1. The van der Waals surface area contributed by atoms with Crippen LogP contribution in [0.5, 0.6) is 0 Å². The van der Waals surface area contributed by atoms with Gasteiger partial charge < -0.3 is 9.15 Å². The van der Waals surface area contributed by atoms with Gasteiger partial charge in [-0.05, 0) is 12.5 Å². The molecule has 0 radical (unpaired) electrons. The fraction of sp³-hybridized carbons (Fsp3) is 0.500. The lowest BCUT2D eigenvalue weighted by Gasteiger charge is -2.04. The SMILES string of the molecule is CCCCOC(=O)Nc1ccc(C(F)(F)F)o1. The monoisotopic (exact) mass is 251 g/mol. The minimum Gasteiger partial charge on any atom is -0.449 e. The fourth-order valence-electron chi connectivity index (χ4n) is 1.00. The van der Waals surface area contributed by atoms with Crippen LogP contribution in [-0.2, 0) is 10.9 Å². The molecule has 1 heterocycles. The van der Waals surface area contributed by atoms with Gasteiger partial charge in [-0.15, -0.1) is 0 Å². The van der Waals surface area contributed by atoms with Crippen LogP contribution in [0.15, 0.2) is 16.5 Å². The van der Waals surface area contributed by atoms with Gasteiger partial charge in [0.2, 0.25) is 11.6 Å². The number of carbonyl (C=O) groups is 1. The number of unbranched alkanes of at least 4 members (excludes halogenated alkanes) is 1. The molecule has 0 aliphatic heterocycles. The van der Waals surface area contributed by atoms with Crippen LogP contribution in [-0.4, -0.2) is 12.7 Å². The van der Waals surface area contributed by atoms with Gasteiger partial charge in [-0.3, -0.25) is 5.32 Å². The Morgan fingerprint density at radius 1 is 1.47 bits per heavy atom. The highest BCUT2D eigenvalue weighted by Crippen LogP contribution is 2.31. The number of anilines is 1. The van der Waals surface area contributed by atoms with Gasteiger partial charge in [0.25, 0.3) is 0 Å². The molecule has 4 nitrogen and oxygen atoms in total. The summed E-state index contributed by atoms with van der Waals surface area (Å²) < 4.78 is 45.5. The van der Waals surface area contributed by atoms with E-state index in [1.165, 1.54) is 0 Å². The van der Waals surface area contributed by atoms with Crippen LogP contribution in [0.4, 0.5) is 23.8 Å². The fourth-order valence-corrected chi connectivity index (χ4v) is 1.00. The van der Waals surface area contributed by atoms with E-state index in [4.69, 9.17) is 0 Å². The number of nitrogens with one attached hydrogen (secondary N) is 1. The molecule has 0 aliphatic carbocycles. The van der Waals surface area contributed by atoms with E-state index in [1.807, 2.05) is 6.92 Å². The number of hydrogen-bond acceptors (Lipinski definition) is 3. The Labute approximate surface area is 95.7 Å². The summed E-state index contributed by atoms with van der Waals surface area (Å²) in [6.45, 7) is 2.14. The second kappa shape index (κ2) is 5.60. The summed E-state index contributed by atoms with van der Waals surface area (Å²) in [5, 5.41) is 2.07. The number of rotatable bonds is 4. The van der Waals surface area contributed by atoms with E-state index < -0.39 is 18.0 Å².